The summed E-state index contributed by atoms with van der Waals surface area (Å²) in [5, 5.41) is 12.8. The van der Waals surface area contributed by atoms with E-state index in [4.69, 9.17) is 4.74 Å². The van der Waals surface area contributed by atoms with Gasteiger partial charge >= 0.3 is 0 Å². The number of nitrogens with one attached hydrogen (secondary N) is 1. The summed E-state index contributed by atoms with van der Waals surface area (Å²) >= 11 is 0. The minimum absolute atomic E-state index is 0.0264. The average molecular weight is 313 g/mol. The number of hydrogen-bond acceptors (Lipinski definition) is 7. The Labute approximate surface area is 121 Å². The second-order valence-electron chi connectivity index (χ2n) is 4.03. The van der Waals surface area contributed by atoms with Crippen LogP contribution in [-0.2, 0) is 23.2 Å². The molecule has 114 valence electrons. The van der Waals surface area contributed by atoms with Gasteiger partial charge in [0.15, 0.2) is 5.82 Å². The van der Waals surface area contributed by atoms with Gasteiger partial charge in [0.05, 0.1) is 24.7 Å². The van der Waals surface area contributed by atoms with Crippen molar-refractivity contribution in [2.75, 3.05) is 6.61 Å². The van der Waals surface area contributed by atoms with Crippen molar-refractivity contribution < 1.29 is 22.8 Å². The summed E-state index contributed by atoms with van der Waals surface area (Å²) in [5.41, 5.74) is 0.402. The Morgan fingerprint density at radius 3 is 2.86 bits per heavy atom. The number of nitrogens with zero attached hydrogens (tertiary/aromatic N) is 2. The fourth-order valence-electron chi connectivity index (χ4n) is 1.66. The van der Waals surface area contributed by atoms with Crippen LogP contribution in [0.3, 0.4) is 0 Å². The molecule has 0 aliphatic carbocycles. The maximum absolute atomic E-state index is 12.1. The zero-order valence-corrected chi connectivity index (χ0v) is 12.1. The number of aliphatic hydroxyl groups is 1. The Morgan fingerprint density at radius 2 is 2.24 bits per heavy atom. The molecule has 2 aromatic rings. The van der Waals surface area contributed by atoms with Crippen LogP contribution in [0, 0.1) is 0 Å². The molecule has 0 radical (unpaired) electrons. The smallest absolute Gasteiger partial charge is 0.240 e. The van der Waals surface area contributed by atoms with E-state index in [1.54, 1.807) is 6.92 Å². The quantitative estimate of drug-likeness (QED) is 0.762. The minimum Gasteiger partial charge on any atom is -0.494 e. The van der Waals surface area contributed by atoms with E-state index in [1.807, 2.05) is 0 Å². The molecule has 1 aromatic carbocycles. The lowest BCUT2D eigenvalue weighted by Crippen LogP contribution is -2.24. The molecule has 0 spiro atoms. The number of sulfonamides is 1. The highest BCUT2D eigenvalue weighted by Gasteiger charge is 2.17. The Bertz CT molecular complexity index is 685. The van der Waals surface area contributed by atoms with E-state index in [1.165, 1.54) is 18.2 Å². The van der Waals surface area contributed by atoms with Crippen molar-refractivity contribution in [2.24, 2.45) is 0 Å². The van der Waals surface area contributed by atoms with Crippen LogP contribution in [0.4, 0.5) is 0 Å². The van der Waals surface area contributed by atoms with Gasteiger partial charge in [-0.15, -0.1) is 0 Å². The zero-order valence-electron chi connectivity index (χ0n) is 11.3. The second kappa shape index (κ2) is 6.66. The summed E-state index contributed by atoms with van der Waals surface area (Å²) in [6, 6.07) is 4.28. The summed E-state index contributed by atoms with van der Waals surface area (Å²) in [6.07, 6.45) is 1.12. The van der Waals surface area contributed by atoms with E-state index in [2.05, 4.69) is 19.4 Å². The van der Waals surface area contributed by atoms with E-state index >= 15 is 0 Å². The predicted octanol–water partition coefficient (Wildman–Crippen LogP) is 0.439. The van der Waals surface area contributed by atoms with Crippen molar-refractivity contribution in [2.45, 2.75) is 25.0 Å². The minimum atomic E-state index is -3.74. The van der Waals surface area contributed by atoms with Crippen LogP contribution in [-0.4, -0.2) is 30.3 Å². The van der Waals surface area contributed by atoms with Gasteiger partial charge in [0.2, 0.25) is 16.4 Å². The van der Waals surface area contributed by atoms with Crippen molar-refractivity contribution in [3.05, 3.63) is 36.0 Å². The molecule has 1 heterocycles. The van der Waals surface area contributed by atoms with Gasteiger partial charge in [-0.1, -0.05) is 5.16 Å². The maximum atomic E-state index is 12.1. The van der Waals surface area contributed by atoms with Crippen LogP contribution in [0.2, 0.25) is 0 Å². The number of aromatic nitrogens is 2. The van der Waals surface area contributed by atoms with Crippen LogP contribution in [0.5, 0.6) is 5.75 Å². The molecule has 9 heteroatoms. The van der Waals surface area contributed by atoms with Crippen LogP contribution >= 0.6 is 0 Å². The molecule has 2 N–H and O–H groups in total. The van der Waals surface area contributed by atoms with Crippen LogP contribution < -0.4 is 9.46 Å². The lowest BCUT2D eigenvalue weighted by atomic mass is 10.2. The van der Waals surface area contributed by atoms with Gasteiger partial charge in [-0.2, -0.15) is 4.98 Å². The standard InChI is InChI=1S/C12H15N3O5S/c1-2-19-11-4-3-10(5-9(11)7-16)21(17,18)14-6-12-13-8-20-15-12/h3-5,8,14,16H,2,6-7H2,1H3. The largest absolute Gasteiger partial charge is 0.494 e. The van der Waals surface area contributed by atoms with Gasteiger partial charge in [-0.3, -0.25) is 0 Å². The molecule has 0 amide bonds. The topological polar surface area (TPSA) is 115 Å². The number of ether oxygens (including phenoxy) is 1. The first kappa shape index (κ1) is 15.4. The molecule has 0 atom stereocenters. The highest BCUT2D eigenvalue weighted by molar-refractivity contribution is 7.89. The number of rotatable bonds is 7. The van der Waals surface area contributed by atoms with Gasteiger partial charge in [0.1, 0.15) is 5.75 Å². The molecule has 0 aliphatic heterocycles. The van der Waals surface area contributed by atoms with E-state index in [0.29, 0.717) is 17.9 Å². The summed E-state index contributed by atoms with van der Waals surface area (Å²) < 4.78 is 36.5. The van der Waals surface area contributed by atoms with Gasteiger partial charge in [0.25, 0.3) is 0 Å². The normalized spacial score (nSPS) is 11.5. The van der Waals surface area contributed by atoms with E-state index in [9.17, 15) is 13.5 Å². The third-order valence-electron chi connectivity index (χ3n) is 2.64. The maximum Gasteiger partial charge on any atom is 0.240 e. The monoisotopic (exact) mass is 313 g/mol. The molecule has 8 nitrogen and oxygen atoms in total. The van der Waals surface area contributed by atoms with Crippen molar-refractivity contribution in [3.8, 4) is 5.75 Å². The molecular weight excluding hydrogens is 298 g/mol. The Morgan fingerprint density at radius 1 is 1.43 bits per heavy atom. The third-order valence-corrected chi connectivity index (χ3v) is 4.04. The number of hydrogen-bond donors (Lipinski definition) is 2. The SMILES string of the molecule is CCOc1ccc(S(=O)(=O)NCc2ncon2)cc1CO. The van der Waals surface area contributed by atoms with Crippen LogP contribution in [0.25, 0.3) is 0 Å². The van der Waals surface area contributed by atoms with E-state index in [0.717, 1.165) is 6.39 Å². The number of benzene rings is 1. The van der Waals surface area contributed by atoms with Gasteiger partial charge in [0, 0.05) is 5.56 Å². The Balaban J connectivity index is 2.19. The van der Waals surface area contributed by atoms with Crippen LogP contribution in [0.15, 0.2) is 34.0 Å². The lowest BCUT2D eigenvalue weighted by molar-refractivity contribution is 0.266. The summed E-state index contributed by atoms with van der Waals surface area (Å²) in [4.78, 5) is 3.75. The number of aliphatic hydroxyl groups excluding tert-OH is 1. The molecule has 0 saturated carbocycles. The van der Waals surface area contributed by atoms with Gasteiger partial charge in [-0.25, -0.2) is 13.1 Å². The summed E-state index contributed by atoms with van der Waals surface area (Å²) in [6.45, 7) is 1.83. The van der Waals surface area contributed by atoms with Crippen LogP contribution in [0.1, 0.15) is 18.3 Å². The highest BCUT2D eigenvalue weighted by atomic mass is 32.2. The van der Waals surface area contributed by atoms with E-state index < -0.39 is 10.0 Å². The molecular formula is C12H15N3O5S. The van der Waals surface area contributed by atoms with Crippen molar-refractivity contribution in [1.29, 1.82) is 0 Å². The first-order valence-electron chi connectivity index (χ1n) is 6.18. The predicted molar refractivity (Wildman–Crippen MR) is 71.9 cm³/mol. The first-order valence-corrected chi connectivity index (χ1v) is 7.66. The van der Waals surface area contributed by atoms with Crippen molar-refractivity contribution >= 4 is 10.0 Å². The molecule has 0 saturated heterocycles. The van der Waals surface area contributed by atoms with Gasteiger partial charge in [-0.05, 0) is 25.1 Å². The molecule has 2 rings (SSSR count). The Hall–Kier alpha value is -1.97. The van der Waals surface area contributed by atoms with Crippen molar-refractivity contribution in [3.63, 3.8) is 0 Å². The molecule has 0 unspecified atom stereocenters. The van der Waals surface area contributed by atoms with E-state index in [-0.39, 0.29) is 23.9 Å². The summed E-state index contributed by atoms with van der Waals surface area (Å²) in [5.74, 6) is 0.684. The fraction of sp³-hybridized carbons (Fsp3) is 0.333. The zero-order chi connectivity index (χ0) is 15.3. The third kappa shape index (κ3) is 3.78. The molecule has 0 bridgehead atoms. The Kier molecular flexibility index (Phi) is 4.89. The fourth-order valence-corrected chi connectivity index (χ4v) is 2.69. The molecule has 0 aliphatic rings. The molecule has 21 heavy (non-hydrogen) atoms. The van der Waals surface area contributed by atoms with Crippen molar-refractivity contribution in [1.82, 2.24) is 14.9 Å². The second-order valence-corrected chi connectivity index (χ2v) is 5.80. The average Bonchev–Trinajstić information content (AvgIpc) is 2.99. The first-order chi connectivity index (χ1) is 10.1. The molecule has 1 aromatic heterocycles. The lowest BCUT2D eigenvalue weighted by Gasteiger charge is -2.11. The highest BCUT2D eigenvalue weighted by Crippen LogP contribution is 2.22. The summed E-state index contributed by atoms with van der Waals surface area (Å²) in [7, 11) is -3.74. The molecule has 0 fully saturated rings. The van der Waals surface area contributed by atoms with Gasteiger partial charge < -0.3 is 14.4 Å².